The second-order valence-electron chi connectivity index (χ2n) is 8.09. The van der Waals surface area contributed by atoms with Gasteiger partial charge in [0.1, 0.15) is 17.4 Å². The molecule has 1 aromatic carbocycles. The Morgan fingerprint density at radius 1 is 1.30 bits per heavy atom. The molecule has 2 aliphatic carbocycles. The van der Waals surface area contributed by atoms with E-state index in [4.69, 9.17) is 0 Å². The summed E-state index contributed by atoms with van der Waals surface area (Å²) in [7, 11) is -2.96. The first kappa shape index (κ1) is 18.9. The number of hydrogen-bond acceptors (Lipinski definition) is 6. The van der Waals surface area contributed by atoms with E-state index in [0.29, 0.717) is 29.4 Å². The normalized spacial score (nSPS) is 19.4. The Morgan fingerprint density at radius 3 is 2.70 bits per heavy atom. The first-order valence-electron chi connectivity index (χ1n) is 9.97. The van der Waals surface area contributed by atoms with Crippen LogP contribution in [0.5, 0.6) is 0 Å². The summed E-state index contributed by atoms with van der Waals surface area (Å²) in [6.45, 7) is 0. The topological polar surface area (TPSA) is 114 Å². The van der Waals surface area contributed by atoms with E-state index >= 15 is 0 Å². The van der Waals surface area contributed by atoms with Crippen molar-refractivity contribution in [1.29, 1.82) is 5.26 Å². The molecule has 30 heavy (non-hydrogen) atoms. The smallest absolute Gasteiger partial charge is 0.270 e. The monoisotopic (exact) mass is 420 g/mol. The molecular formula is C21H20N6O2S. The molecule has 2 aromatic heterocycles. The molecule has 0 spiro atoms. The summed E-state index contributed by atoms with van der Waals surface area (Å²) < 4.78 is 19.8. The Labute approximate surface area is 174 Å². The van der Waals surface area contributed by atoms with Crippen molar-refractivity contribution in [1.82, 2.24) is 19.7 Å². The summed E-state index contributed by atoms with van der Waals surface area (Å²) >= 11 is 0. The number of aromatic nitrogens is 4. The molecule has 0 radical (unpaired) electrons. The largest absolute Gasteiger partial charge is 0.274 e. The Kier molecular flexibility index (Phi) is 4.40. The van der Waals surface area contributed by atoms with E-state index in [9.17, 15) is 14.3 Å². The molecule has 5 rings (SSSR count). The van der Waals surface area contributed by atoms with Gasteiger partial charge in [0.2, 0.25) is 0 Å². The minimum absolute atomic E-state index is 0.313. The highest BCUT2D eigenvalue weighted by Gasteiger charge is 2.45. The minimum atomic E-state index is -2.96. The maximum Gasteiger partial charge on any atom is 0.274 e. The van der Waals surface area contributed by atoms with E-state index < -0.39 is 21.1 Å². The number of amides is 1. The fraction of sp³-hybridized carbons (Fsp3) is 0.381. The van der Waals surface area contributed by atoms with Crippen LogP contribution in [0.2, 0.25) is 0 Å². The van der Waals surface area contributed by atoms with Gasteiger partial charge in [0.05, 0.1) is 33.7 Å². The van der Waals surface area contributed by atoms with Gasteiger partial charge < -0.3 is 0 Å². The summed E-state index contributed by atoms with van der Waals surface area (Å²) in [6, 6.07) is 7.44. The molecule has 2 heterocycles. The number of rotatable bonds is 5. The third-order valence-corrected chi connectivity index (χ3v) is 8.25. The van der Waals surface area contributed by atoms with Crippen LogP contribution in [0.1, 0.15) is 32.1 Å². The maximum absolute atomic E-state index is 13.9. The number of fused-ring (bicyclic) bond motifs is 1. The number of benzene rings is 1. The summed E-state index contributed by atoms with van der Waals surface area (Å²) in [5, 5.41) is 14.8. The van der Waals surface area contributed by atoms with E-state index in [-0.39, 0.29) is 0 Å². The van der Waals surface area contributed by atoms with Crippen LogP contribution in [0.25, 0.3) is 16.6 Å². The average Bonchev–Trinajstić information content (AvgIpc) is 3.41. The van der Waals surface area contributed by atoms with E-state index in [1.54, 1.807) is 35.3 Å². The summed E-state index contributed by atoms with van der Waals surface area (Å²) in [5.41, 5.74) is 0.360. The highest BCUT2D eigenvalue weighted by atomic mass is 32.2. The van der Waals surface area contributed by atoms with Crippen molar-refractivity contribution >= 4 is 26.5 Å². The van der Waals surface area contributed by atoms with Gasteiger partial charge in [-0.2, -0.15) is 14.7 Å². The van der Waals surface area contributed by atoms with Crippen molar-refractivity contribution in [3.05, 3.63) is 43.1 Å². The van der Waals surface area contributed by atoms with E-state index in [0.717, 1.165) is 35.9 Å². The van der Waals surface area contributed by atoms with Crippen LogP contribution in [0.4, 0.5) is 0 Å². The van der Waals surface area contributed by atoms with Crippen molar-refractivity contribution in [2.75, 3.05) is 5.75 Å². The Bertz CT molecular complexity index is 1290. The summed E-state index contributed by atoms with van der Waals surface area (Å²) in [6.07, 6.45) is 10.4. The minimum Gasteiger partial charge on any atom is -0.270 e. The van der Waals surface area contributed by atoms with Crippen molar-refractivity contribution in [2.24, 2.45) is 15.7 Å². The quantitative estimate of drug-likeness (QED) is 0.626. The molecule has 2 aliphatic rings. The number of hydrogen-bond donors (Lipinski definition) is 0. The summed E-state index contributed by atoms with van der Waals surface area (Å²) in [5.74, 6) is 0.138. The second kappa shape index (κ2) is 6.99. The fourth-order valence-electron chi connectivity index (χ4n) is 3.66. The Balaban J connectivity index is 1.57. The molecule has 9 heteroatoms. The highest BCUT2D eigenvalue weighted by molar-refractivity contribution is 7.94. The molecule has 152 valence electrons. The number of nitrogens with zero attached hydrogens (tertiary/aromatic N) is 6. The van der Waals surface area contributed by atoms with Gasteiger partial charge in [-0.15, -0.1) is 0 Å². The molecule has 0 saturated heterocycles. The van der Waals surface area contributed by atoms with Crippen molar-refractivity contribution < 1.29 is 9.00 Å². The predicted molar refractivity (Wildman–Crippen MR) is 110 cm³/mol. The van der Waals surface area contributed by atoms with Crippen LogP contribution < -0.4 is 0 Å². The van der Waals surface area contributed by atoms with Crippen molar-refractivity contribution in [3.63, 3.8) is 0 Å². The van der Waals surface area contributed by atoms with Crippen LogP contribution in [0.15, 0.2) is 52.4 Å². The molecular weight excluding hydrogens is 400 g/mol. The van der Waals surface area contributed by atoms with E-state index in [2.05, 4.69) is 25.5 Å². The van der Waals surface area contributed by atoms with Gasteiger partial charge in [-0.05, 0) is 56.2 Å². The number of nitriles is 1. The first-order chi connectivity index (χ1) is 14.5. The molecule has 2 fully saturated rings. The zero-order valence-corrected chi connectivity index (χ0v) is 17.1. The SMILES string of the molecule is N#CC1(C(=O)N=S(=O)(CC2CC2)c2ccc3nn(-c4cncnc4)cc3c2)CCC1. The molecule has 1 atom stereocenters. The lowest BCUT2D eigenvalue weighted by atomic mass is 9.69. The first-order valence-corrected chi connectivity index (χ1v) is 11.7. The van der Waals surface area contributed by atoms with Gasteiger partial charge in [-0.1, -0.05) is 0 Å². The molecule has 2 saturated carbocycles. The molecule has 0 N–H and O–H groups in total. The molecule has 0 bridgehead atoms. The zero-order chi connectivity index (χ0) is 20.8. The lowest BCUT2D eigenvalue weighted by Crippen LogP contribution is -2.36. The van der Waals surface area contributed by atoms with Crippen LogP contribution in [0, 0.1) is 22.7 Å². The molecule has 0 aliphatic heterocycles. The van der Waals surface area contributed by atoms with Crippen LogP contribution in [-0.2, 0) is 14.5 Å². The lowest BCUT2D eigenvalue weighted by Gasteiger charge is -2.31. The number of carbonyl (C=O) groups excluding carboxylic acids is 1. The van der Waals surface area contributed by atoms with E-state index in [1.807, 2.05) is 6.20 Å². The molecule has 3 aromatic rings. The average molecular weight is 420 g/mol. The van der Waals surface area contributed by atoms with Crippen LogP contribution in [-0.4, -0.2) is 35.6 Å². The van der Waals surface area contributed by atoms with Crippen molar-refractivity contribution in [3.8, 4) is 11.8 Å². The van der Waals surface area contributed by atoms with Gasteiger partial charge in [0, 0.05) is 22.2 Å². The predicted octanol–water partition coefficient (Wildman–Crippen LogP) is 3.27. The third kappa shape index (κ3) is 3.27. The van der Waals surface area contributed by atoms with Gasteiger partial charge in [0.25, 0.3) is 5.91 Å². The van der Waals surface area contributed by atoms with Gasteiger partial charge in [-0.25, -0.2) is 18.9 Å². The standard InChI is InChI=1S/C21H20N6O2S/c22-13-21(6-1-7-21)20(28)26-30(29,12-15-2-3-15)18-4-5-19-16(8-18)11-27(25-19)17-9-23-14-24-10-17/h4-5,8-11,14-15H,1-3,6-7,12H2. The molecule has 8 nitrogen and oxygen atoms in total. The van der Waals surface area contributed by atoms with Crippen LogP contribution in [0.3, 0.4) is 0 Å². The molecule has 1 unspecified atom stereocenters. The number of carbonyl (C=O) groups is 1. The maximum atomic E-state index is 13.9. The second-order valence-corrected chi connectivity index (χ2v) is 10.4. The van der Waals surface area contributed by atoms with E-state index in [1.165, 1.54) is 6.33 Å². The summed E-state index contributed by atoms with van der Waals surface area (Å²) in [4.78, 5) is 21.4. The van der Waals surface area contributed by atoms with Crippen molar-refractivity contribution in [2.45, 2.75) is 37.0 Å². The van der Waals surface area contributed by atoms with Gasteiger partial charge >= 0.3 is 0 Å². The Hall–Kier alpha value is -3.12. The highest BCUT2D eigenvalue weighted by Crippen LogP contribution is 2.42. The zero-order valence-electron chi connectivity index (χ0n) is 16.3. The third-order valence-electron chi connectivity index (χ3n) is 5.88. The molecule has 1 amide bonds. The lowest BCUT2D eigenvalue weighted by molar-refractivity contribution is -0.127. The fourth-order valence-corrected chi connectivity index (χ4v) is 6.04. The van der Waals surface area contributed by atoms with Gasteiger partial charge in [0.15, 0.2) is 0 Å². The van der Waals surface area contributed by atoms with Gasteiger partial charge in [-0.3, -0.25) is 4.79 Å². The van der Waals surface area contributed by atoms with Crippen LogP contribution >= 0.6 is 0 Å². The Morgan fingerprint density at radius 2 is 2.07 bits per heavy atom.